The predicted molar refractivity (Wildman–Crippen MR) is 101 cm³/mol. The molecular weight excluding hydrogens is 372 g/mol. The molecule has 0 spiro atoms. The second kappa shape index (κ2) is 8.35. The lowest BCUT2D eigenvalue weighted by Gasteiger charge is -2.06. The average Bonchev–Trinajstić information content (AvgIpc) is 2.79. The van der Waals surface area contributed by atoms with E-state index >= 15 is 0 Å². The van der Waals surface area contributed by atoms with Crippen LogP contribution in [-0.2, 0) is 22.4 Å². The van der Waals surface area contributed by atoms with E-state index in [1.807, 2.05) is 0 Å². The second-order valence-electron chi connectivity index (χ2n) is 6.01. The molecule has 1 amide bonds. The SMILES string of the molecule is N#Cc1c(NC(=O)COC(=O)c2ccc(Cl)cc2)sc2c1CCCCC2. The van der Waals surface area contributed by atoms with E-state index in [9.17, 15) is 14.9 Å². The lowest BCUT2D eigenvalue weighted by molar-refractivity contribution is -0.119. The van der Waals surface area contributed by atoms with Crippen molar-refractivity contribution in [2.45, 2.75) is 32.1 Å². The molecule has 7 heteroatoms. The monoisotopic (exact) mass is 388 g/mol. The number of ether oxygens (including phenoxy) is 1. The standard InChI is InChI=1S/C19H17ClN2O3S/c20-13-8-6-12(7-9-13)19(24)25-11-17(23)22-18-15(10-21)14-4-2-1-3-5-16(14)26-18/h6-9H,1-5,11H2,(H,22,23). The van der Waals surface area contributed by atoms with Crippen LogP contribution in [0.2, 0.25) is 5.02 Å². The zero-order valence-electron chi connectivity index (χ0n) is 14.0. The van der Waals surface area contributed by atoms with E-state index in [1.165, 1.54) is 28.3 Å². The number of amides is 1. The molecule has 0 fully saturated rings. The van der Waals surface area contributed by atoms with Gasteiger partial charge in [0.15, 0.2) is 6.61 Å². The molecule has 0 atom stereocenters. The smallest absolute Gasteiger partial charge is 0.338 e. The maximum Gasteiger partial charge on any atom is 0.338 e. The van der Waals surface area contributed by atoms with Crippen LogP contribution in [0.25, 0.3) is 0 Å². The average molecular weight is 389 g/mol. The third kappa shape index (κ3) is 4.24. The summed E-state index contributed by atoms with van der Waals surface area (Å²) in [6, 6.07) is 8.44. The minimum absolute atomic E-state index is 0.322. The lowest BCUT2D eigenvalue weighted by atomic mass is 10.1. The normalized spacial score (nSPS) is 13.2. The van der Waals surface area contributed by atoms with Crippen molar-refractivity contribution in [3.63, 3.8) is 0 Å². The first kappa shape index (κ1) is 18.4. The van der Waals surface area contributed by atoms with Gasteiger partial charge in [0.25, 0.3) is 5.91 Å². The largest absolute Gasteiger partial charge is 0.452 e. The first-order valence-corrected chi connectivity index (χ1v) is 9.55. The molecule has 1 aromatic heterocycles. The van der Waals surface area contributed by atoms with Crippen molar-refractivity contribution in [2.24, 2.45) is 0 Å². The van der Waals surface area contributed by atoms with Gasteiger partial charge in [-0.3, -0.25) is 4.79 Å². The number of thiophene rings is 1. The van der Waals surface area contributed by atoms with Crippen molar-refractivity contribution < 1.29 is 14.3 Å². The molecule has 134 valence electrons. The van der Waals surface area contributed by atoms with Gasteiger partial charge in [0.2, 0.25) is 0 Å². The highest BCUT2D eigenvalue weighted by atomic mass is 35.5. The van der Waals surface area contributed by atoms with Crippen LogP contribution in [0.5, 0.6) is 0 Å². The third-order valence-corrected chi connectivity index (χ3v) is 5.66. The fourth-order valence-corrected chi connectivity index (χ4v) is 4.29. The Hall–Kier alpha value is -2.36. The number of esters is 1. The van der Waals surface area contributed by atoms with Crippen molar-refractivity contribution in [3.8, 4) is 6.07 Å². The number of anilines is 1. The molecule has 1 heterocycles. The number of aryl methyl sites for hydroxylation is 1. The highest BCUT2D eigenvalue weighted by Gasteiger charge is 2.21. The number of nitrogens with one attached hydrogen (secondary N) is 1. The number of fused-ring (bicyclic) bond motifs is 1. The topological polar surface area (TPSA) is 79.2 Å². The van der Waals surface area contributed by atoms with Crippen molar-refractivity contribution >= 4 is 39.8 Å². The van der Waals surface area contributed by atoms with Gasteiger partial charge in [-0.2, -0.15) is 5.26 Å². The molecule has 0 unspecified atom stereocenters. The number of carbonyl (C=O) groups excluding carboxylic acids is 2. The summed E-state index contributed by atoms with van der Waals surface area (Å²) >= 11 is 7.23. The van der Waals surface area contributed by atoms with Gasteiger partial charge in [-0.25, -0.2) is 4.79 Å². The van der Waals surface area contributed by atoms with Gasteiger partial charge >= 0.3 is 5.97 Å². The van der Waals surface area contributed by atoms with Crippen LogP contribution in [0, 0.1) is 11.3 Å². The molecule has 0 saturated heterocycles. The molecule has 2 aromatic rings. The number of carbonyl (C=O) groups is 2. The van der Waals surface area contributed by atoms with E-state index < -0.39 is 18.5 Å². The van der Waals surface area contributed by atoms with Crippen LogP contribution < -0.4 is 5.32 Å². The molecule has 1 N–H and O–H groups in total. The van der Waals surface area contributed by atoms with Gasteiger partial charge in [-0.05, 0) is 55.5 Å². The van der Waals surface area contributed by atoms with E-state index in [2.05, 4.69) is 11.4 Å². The molecule has 1 aliphatic rings. The van der Waals surface area contributed by atoms with E-state index in [1.54, 1.807) is 12.1 Å². The first-order valence-electron chi connectivity index (χ1n) is 8.35. The van der Waals surface area contributed by atoms with Crippen LogP contribution >= 0.6 is 22.9 Å². The summed E-state index contributed by atoms with van der Waals surface area (Å²) in [4.78, 5) is 25.3. The van der Waals surface area contributed by atoms with Crippen LogP contribution in [-0.4, -0.2) is 18.5 Å². The summed E-state index contributed by atoms with van der Waals surface area (Å²) in [6.45, 7) is -0.408. The minimum atomic E-state index is -0.598. The van der Waals surface area contributed by atoms with Crippen LogP contribution in [0.15, 0.2) is 24.3 Å². The molecule has 0 bridgehead atoms. The maximum absolute atomic E-state index is 12.1. The van der Waals surface area contributed by atoms with Crippen molar-refractivity contribution in [2.75, 3.05) is 11.9 Å². The van der Waals surface area contributed by atoms with Crippen molar-refractivity contribution in [1.82, 2.24) is 0 Å². The van der Waals surface area contributed by atoms with E-state index in [0.717, 1.165) is 37.7 Å². The summed E-state index contributed by atoms with van der Waals surface area (Å²) in [7, 11) is 0. The van der Waals surface area contributed by atoms with Crippen LogP contribution in [0.4, 0.5) is 5.00 Å². The number of nitrogens with zero attached hydrogens (tertiary/aromatic N) is 1. The molecule has 5 nitrogen and oxygen atoms in total. The van der Waals surface area contributed by atoms with E-state index in [0.29, 0.717) is 21.2 Å². The number of nitriles is 1. The van der Waals surface area contributed by atoms with Gasteiger partial charge < -0.3 is 10.1 Å². The maximum atomic E-state index is 12.1. The molecule has 3 rings (SSSR count). The Morgan fingerprint density at radius 2 is 1.92 bits per heavy atom. The highest BCUT2D eigenvalue weighted by molar-refractivity contribution is 7.16. The van der Waals surface area contributed by atoms with Gasteiger partial charge in [0, 0.05) is 9.90 Å². The minimum Gasteiger partial charge on any atom is -0.452 e. The van der Waals surface area contributed by atoms with Gasteiger partial charge in [0.05, 0.1) is 11.1 Å². The summed E-state index contributed by atoms with van der Waals surface area (Å²) in [6.07, 6.45) is 5.13. The Morgan fingerprint density at radius 3 is 2.65 bits per heavy atom. The lowest BCUT2D eigenvalue weighted by Crippen LogP contribution is -2.20. The Bertz CT molecular complexity index is 868. The first-order chi connectivity index (χ1) is 12.6. The number of rotatable bonds is 4. The summed E-state index contributed by atoms with van der Waals surface area (Å²) < 4.78 is 5.03. The quantitative estimate of drug-likeness (QED) is 0.624. The molecule has 0 saturated carbocycles. The Labute approximate surface area is 160 Å². The van der Waals surface area contributed by atoms with E-state index in [-0.39, 0.29) is 0 Å². The Balaban J connectivity index is 1.62. The second-order valence-corrected chi connectivity index (χ2v) is 7.55. The third-order valence-electron chi connectivity index (χ3n) is 4.20. The predicted octanol–water partition coefficient (Wildman–Crippen LogP) is 4.34. The van der Waals surface area contributed by atoms with E-state index in [4.69, 9.17) is 16.3 Å². The zero-order valence-corrected chi connectivity index (χ0v) is 15.6. The molecule has 26 heavy (non-hydrogen) atoms. The number of halogens is 1. The van der Waals surface area contributed by atoms with Crippen LogP contribution in [0.3, 0.4) is 0 Å². The number of hydrogen-bond donors (Lipinski definition) is 1. The molecule has 0 radical (unpaired) electrons. The highest BCUT2D eigenvalue weighted by Crippen LogP contribution is 2.36. The summed E-state index contributed by atoms with van der Waals surface area (Å²) in [5, 5.41) is 13.2. The molecule has 1 aromatic carbocycles. The van der Waals surface area contributed by atoms with Gasteiger partial charge in [-0.1, -0.05) is 18.0 Å². The van der Waals surface area contributed by atoms with Crippen LogP contribution in [0.1, 0.15) is 45.6 Å². The fraction of sp³-hybridized carbons (Fsp3) is 0.316. The number of hydrogen-bond acceptors (Lipinski definition) is 5. The van der Waals surface area contributed by atoms with Gasteiger partial charge in [0.1, 0.15) is 11.1 Å². The van der Waals surface area contributed by atoms with Crippen molar-refractivity contribution in [1.29, 1.82) is 5.26 Å². The number of benzene rings is 1. The van der Waals surface area contributed by atoms with Crippen molar-refractivity contribution in [3.05, 3.63) is 50.9 Å². The Kier molecular flexibility index (Phi) is 5.92. The van der Waals surface area contributed by atoms with Gasteiger partial charge in [-0.15, -0.1) is 11.3 Å². The molecule has 0 aliphatic heterocycles. The molecular formula is C19H17ClN2O3S. The summed E-state index contributed by atoms with van der Waals surface area (Å²) in [5.41, 5.74) is 1.93. The Morgan fingerprint density at radius 1 is 1.19 bits per heavy atom. The fourth-order valence-electron chi connectivity index (χ4n) is 2.91. The summed E-state index contributed by atoms with van der Waals surface area (Å²) in [5.74, 6) is -1.06. The zero-order chi connectivity index (χ0) is 18.5. The molecule has 1 aliphatic carbocycles.